The van der Waals surface area contributed by atoms with Gasteiger partial charge in [-0.2, -0.15) is 0 Å². The molecule has 0 radical (unpaired) electrons. The molecule has 1 aliphatic rings. The van der Waals surface area contributed by atoms with Crippen molar-refractivity contribution in [3.05, 3.63) is 77.0 Å². The Labute approximate surface area is 170 Å². The smallest absolute Gasteiger partial charge is 0.142 e. The fourth-order valence-corrected chi connectivity index (χ4v) is 3.59. The third kappa shape index (κ3) is 4.10. The predicted molar refractivity (Wildman–Crippen MR) is 120 cm³/mol. The van der Waals surface area contributed by atoms with E-state index in [1.165, 1.54) is 5.69 Å². The summed E-state index contributed by atoms with van der Waals surface area (Å²) >= 11 is 0. The number of allylic oxidation sites excluding steroid dienone is 2. The molecule has 2 aromatic heterocycles. The molecule has 3 aromatic rings. The molecule has 3 heterocycles. The van der Waals surface area contributed by atoms with E-state index >= 15 is 0 Å². The first-order valence-electron chi connectivity index (χ1n) is 9.89. The van der Waals surface area contributed by atoms with Crippen LogP contribution in [0.4, 0.5) is 11.5 Å². The molecule has 0 saturated carbocycles. The molecule has 5 nitrogen and oxygen atoms in total. The Kier molecular flexibility index (Phi) is 5.49. The minimum atomic E-state index is 0.494. The summed E-state index contributed by atoms with van der Waals surface area (Å²) in [6, 6.07) is 14.3. The Bertz CT molecular complexity index is 1110. The number of nitrogen functional groups attached to an aromatic ring is 1. The van der Waals surface area contributed by atoms with E-state index in [1.807, 2.05) is 31.2 Å². The molecule has 1 fully saturated rings. The number of hydrogen-bond acceptors (Lipinski definition) is 5. The zero-order valence-electron chi connectivity index (χ0n) is 16.7. The average Bonchev–Trinajstić information content (AvgIpc) is 3.15. The molecule has 4 rings (SSSR count). The third-order valence-electron chi connectivity index (χ3n) is 5.12. The maximum absolute atomic E-state index is 6.25. The lowest BCUT2D eigenvalue weighted by Gasteiger charge is -2.29. The van der Waals surface area contributed by atoms with Crippen LogP contribution in [0.1, 0.15) is 12.5 Å². The maximum Gasteiger partial charge on any atom is 0.142 e. The first kappa shape index (κ1) is 19.0. The molecule has 0 bridgehead atoms. The summed E-state index contributed by atoms with van der Waals surface area (Å²) in [5, 5.41) is 4.23. The Balaban J connectivity index is 1.72. The van der Waals surface area contributed by atoms with Crippen LogP contribution in [0.3, 0.4) is 0 Å². The van der Waals surface area contributed by atoms with Crippen molar-refractivity contribution < 1.29 is 4.42 Å². The number of piperazine rings is 1. The minimum Gasteiger partial charge on any atom is -0.455 e. The van der Waals surface area contributed by atoms with Crippen LogP contribution in [-0.2, 0) is 0 Å². The fraction of sp³-hybridized carbons (Fsp3) is 0.208. The topological polar surface area (TPSA) is 67.3 Å². The van der Waals surface area contributed by atoms with E-state index < -0.39 is 0 Å². The van der Waals surface area contributed by atoms with Crippen LogP contribution in [-0.4, -0.2) is 31.2 Å². The summed E-state index contributed by atoms with van der Waals surface area (Å²) in [7, 11) is 0. The van der Waals surface area contributed by atoms with Gasteiger partial charge in [-0.1, -0.05) is 18.7 Å². The van der Waals surface area contributed by atoms with Crippen molar-refractivity contribution in [1.82, 2.24) is 10.3 Å². The summed E-state index contributed by atoms with van der Waals surface area (Å²) in [6.45, 7) is 10.3. The first-order chi connectivity index (χ1) is 14.2. The predicted octanol–water partition coefficient (Wildman–Crippen LogP) is 2.52. The highest BCUT2D eigenvalue weighted by Crippen LogP contribution is 2.23. The molecule has 0 aliphatic carbocycles. The zero-order chi connectivity index (χ0) is 20.2. The molecular weight excluding hydrogens is 360 g/mol. The Morgan fingerprint density at radius 2 is 1.93 bits per heavy atom. The molecule has 3 N–H and O–H groups in total. The van der Waals surface area contributed by atoms with Gasteiger partial charge in [0.15, 0.2) is 0 Å². The van der Waals surface area contributed by atoms with E-state index in [1.54, 1.807) is 12.3 Å². The quantitative estimate of drug-likeness (QED) is 0.721. The number of furan rings is 1. The van der Waals surface area contributed by atoms with Crippen LogP contribution in [0.2, 0.25) is 0 Å². The normalized spacial score (nSPS) is 15.7. The maximum atomic E-state index is 6.25. The van der Waals surface area contributed by atoms with Crippen molar-refractivity contribution in [1.29, 1.82) is 0 Å². The van der Waals surface area contributed by atoms with Crippen molar-refractivity contribution in [3.8, 4) is 11.3 Å². The van der Waals surface area contributed by atoms with Crippen LogP contribution < -0.4 is 26.6 Å². The number of anilines is 2. The van der Waals surface area contributed by atoms with Gasteiger partial charge in [0.1, 0.15) is 17.0 Å². The van der Waals surface area contributed by atoms with Gasteiger partial charge >= 0.3 is 0 Å². The second-order valence-electron chi connectivity index (χ2n) is 7.13. The van der Waals surface area contributed by atoms with Crippen molar-refractivity contribution in [2.75, 3.05) is 36.8 Å². The molecule has 29 heavy (non-hydrogen) atoms. The van der Waals surface area contributed by atoms with Gasteiger partial charge < -0.3 is 20.4 Å². The monoisotopic (exact) mass is 386 g/mol. The van der Waals surface area contributed by atoms with E-state index in [0.29, 0.717) is 5.82 Å². The summed E-state index contributed by atoms with van der Waals surface area (Å²) < 4.78 is 6.25. The van der Waals surface area contributed by atoms with Gasteiger partial charge in [0.25, 0.3) is 0 Å². The minimum absolute atomic E-state index is 0.494. The van der Waals surface area contributed by atoms with E-state index in [-0.39, 0.29) is 0 Å². The molecule has 5 heteroatoms. The summed E-state index contributed by atoms with van der Waals surface area (Å²) in [5.74, 6) is 1.30. The number of benzene rings is 1. The molecular formula is C24H26N4O. The summed E-state index contributed by atoms with van der Waals surface area (Å²) in [5.41, 5.74) is 10.6. The van der Waals surface area contributed by atoms with E-state index in [2.05, 4.69) is 46.0 Å². The van der Waals surface area contributed by atoms with E-state index in [4.69, 9.17) is 10.2 Å². The largest absolute Gasteiger partial charge is 0.455 e. The Hall–Kier alpha value is -3.31. The lowest BCUT2D eigenvalue weighted by Crippen LogP contribution is -2.43. The molecule has 148 valence electrons. The zero-order valence-corrected chi connectivity index (χ0v) is 16.7. The van der Waals surface area contributed by atoms with Gasteiger partial charge in [-0.3, -0.25) is 0 Å². The lowest BCUT2D eigenvalue weighted by atomic mass is 10.1. The van der Waals surface area contributed by atoms with Gasteiger partial charge in [0.05, 0.1) is 0 Å². The van der Waals surface area contributed by atoms with Crippen LogP contribution in [0.5, 0.6) is 0 Å². The number of pyridine rings is 1. The molecule has 0 atom stereocenters. The number of aromatic nitrogens is 1. The van der Waals surface area contributed by atoms with Crippen LogP contribution >= 0.6 is 0 Å². The number of nitrogens with zero attached hydrogens (tertiary/aromatic N) is 2. The molecule has 1 aliphatic heterocycles. The van der Waals surface area contributed by atoms with E-state index in [9.17, 15) is 0 Å². The highest BCUT2D eigenvalue weighted by Gasteiger charge is 2.12. The summed E-state index contributed by atoms with van der Waals surface area (Å²) in [4.78, 5) is 6.60. The average molecular weight is 386 g/mol. The summed E-state index contributed by atoms with van der Waals surface area (Å²) in [6.07, 6.45) is 5.75. The van der Waals surface area contributed by atoms with Crippen molar-refractivity contribution in [2.45, 2.75) is 6.92 Å². The lowest BCUT2D eigenvalue weighted by molar-refractivity contribution is 0.543. The molecule has 0 spiro atoms. The first-order valence-corrected chi connectivity index (χ1v) is 9.89. The number of hydrogen-bond donors (Lipinski definition) is 2. The molecule has 0 amide bonds. The van der Waals surface area contributed by atoms with Crippen molar-refractivity contribution >= 4 is 23.7 Å². The molecule has 0 unspecified atom stereocenters. The number of rotatable bonds is 4. The molecule has 1 aromatic carbocycles. The van der Waals surface area contributed by atoms with Gasteiger partial charge in [0.2, 0.25) is 0 Å². The fourth-order valence-electron chi connectivity index (χ4n) is 3.59. The van der Waals surface area contributed by atoms with Crippen LogP contribution in [0.25, 0.3) is 23.5 Å². The number of nitrogens with one attached hydrogen (secondary N) is 1. The second-order valence-corrected chi connectivity index (χ2v) is 7.13. The van der Waals surface area contributed by atoms with E-state index in [0.717, 1.165) is 59.3 Å². The SMILES string of the molecule is C=c1cc(-c2ccc(N3CCNCC3)cc2)o/c1=C(/C=C\C)c1ccc(N)nc1. The second kappa shape index (κ2) is 8.37. The Morgan fingerprint density at radius 1 is 1.17 bits per heavy atom. The third-order valence-corrected chi connectivity index (χ3v) is 5.12. The highest BCUT2D eigenvalue weighted by atomic mass is 16.3. The highest BCUT2D eigenvalue weighted by molar-refractivity contribution is 5.73. The van der Waals surface area contributed by atoms with Crippen molar-refractivity contribution in [2.24, 2.45) is 0 Å². The van der Waals surface area contributed by atoms with Crippen LogP contribution in [0, 0.1) is 0 Å². The van der Waals surface area contributed by atoms with Gasteiger partial charge in [0, 0.05) is 60.0 Å². The van der Waals surface area contributed by atoms with Gasteiger partial charge in [-0.25, -0.2) is 4.98 Å². The van der Waals surface area contributed by atoms with Gasteiger partial charge in [-0.15, -0.1) is 0 Å². The van der Waals surface area contributed by atoms with Crippen LogP contribution in [0.15, 0.2) is 65.2 Å². The van der Waals surface area contributed by atoms with Crippen molar-refractivity contribution in [3.63, 3.8) is 0 Å². The standard InChI is InChI=1S/C24H26N4O/c1-3-4-21(19-7-10-23(25)27-16-19)24-17(2)15-22(29-24)18-5-8-20(9-6-18)28-13-11-26-12-14-28/h3-10,15-16,26H,2,11-14H2,1H3,(H2,25,27)/b4-3-,24-21-. The Morgan fingerprint density at radius 3 is 2.59 bits per heavy atom. The molecule has 1 saturated heterocycles. The number of nitrogens with two attached hydrogens (primary N) is 1. The van der Waals surface area contributed by atoms with Gasteiger partial charge in [-0.05, 0) is 49.4 Å².